The standard InChI is InChI=1S/C26H31N3O4/c1-16(2)15-27-25(32)26(4)14-21(18-8-6-17(3)7-9-18)22(24(31)29-26)23(30)28-19-10-12-20(33-5)13-11-19/h6-13,16H,14-15H2,1-5H3,(H,27,32)(H,28,30)(H,29,31). The van der Waals surface area contributed by atoms with Crippen molar-refractivity contribution in [3.8, 4) is 5.75 Å². The normalized spacial score (nSPS) is 18.1. The van der Waals surface area contributed by atoms with Crippen molar-refractivity contribution in [2.75, 3.05) is 19.0 Å². The molecule has 3 rings (SSSR count). The Kier molecular flexibility index (Phi) is 7.21. The highest BCUT2D eigenvalue weighted by atomic mass is 16.5. The van der Waals surface area contributed by atoms with Gasteiger partial charge in [-0.1, -0.05) is 43.7 Å². The van der Waals surface area contributed by atoms with Gasteiger partial charge in [0, 0.05) is 18.7 Å². The second-order valence-corrected chi connectivity index (χ2v) is 8.97. The number of carbonyl (C=O) groups is 3. The van der Waals surface area contributed by atoms with Crippen LogP contribution in [-0.4, -0.2) is 36.9 Å². The molecule has 174 valence electrons. The van der Waals surface area contributed by atoms with E-state index in [1.165, 1.54) is 0 Å². The number of anilines is 1. The van der Waals surface area contributed by atoms with E-state index in [0.29, 0.717) is 23.6 Å². The minimum atomic E-state index is -1.17. The van der Waals surface area contributed by atoms with Crippen LogP contribution in [-0.2, 0) is 14.4 Å². The Balaban J connectivity index is 1.98. The molecule has 3 N–H and O–H groups in total. The molecule has 0 saturated carbocycles. The zero-order valence-corrected chi connectivity index (χ0v) is 19.7. The average molecular weight is 450 g/mol. The third-order valence-electron chi connectivity index (χ3n) is 5.60. The van der Waals surface area contributed by atoms with Crippen molar-refractivity contribution in [2.24, 2.45) is 5.92 Å². The molecule has 0 aliphatic carbocycles. The molecule has 7 heteroatoms. The minimum Gasteiger partial charge on any atom is -0.497 e. The largest absolute Gasteiger partial charge is 0.497 e. The molecular formula is C26H31N3O4. The van der Waals surface area contributed by atoms with Gasteiger partial charge in [-0.25, -0.2) is 0 Å². The lowest BCUT2D eigenvalue weighted by molar-refractivity contribution is -0.133. The molecule has 3 amide bonds. The van der Waals surface area contributed by atoms with Crippen molar-refractivity contribution < 1.29 is 19.1 Å². The Morgan fingerprint density at radius 3 is 2.30 bits per heavy atom. The van der Waals surface area contributed by atoms with E-state index in [1.807, 2.05) is 45.0 Å². The average Bonchev–Trinajstić information content (AvgIpc) is 2.77. The maximum atomic E-state index is 13.2. The van der Waals surface area contributed by atoms with Crippen molar-refractivity contribution in [1.82, 2.24) is 10.6 Å². The fraction of sp³-hybridized carbons (Fsp3) is 0.346. The third-order valence-corrected chi connectivity index (χ3v) is 5.60. The summed E-state index contributed by atoms with van der Waals surface area (Å²) in [7, 11) is 1.56. The van der Waals surface area contributed by atoms with Gasteiger partial charge in [0.15, 0.2) is 0 Å². The highest BCUT2D eigenvalue weighted by Gasteiger charge is 2.43. The van der Waals surface area contributed by atoms with Crippen molar-refractivity contribution in [2.45, 2.75) is 39.7 Å². The number of benzene rings is 2. The second kappa shape index (κ2) is 9.90. The summed E-state index contributed by atoms with van der Waals surface area (Å²) >= 11 is 0. The Bertz CT molecular complexity index is 1070. The fourth-order valence-corrected chi connectivity index (χ4v) is 3.67. The number of hydrogen-bond donors (Lipinski definition) is 3. The number of aryl methyl sites for hydroxylation is 1. The molecule has 1 atom stereocenters. The highest BCUT2D eigenvalue weighted by molar-refractivity contribution is 6.29. The van der Waals surface area contributed by atoms with Crippen LogP contribution < -0.4 is 20.7 Å². The van der Waals surface area contributed by atoms with Gasteiger partial charge in [-0.15, -0.1) is 0 Å². The quantitative estimate of drug-likeness (QED) is 0.564. The fourth-order valence-electron chi connectivity index (χ4n) is 3.67. The third kappa shape index (κ3) is 5.61. The van der Waals surface area contributed by atoms with E-state index in [2.05, 4.69) is 16.0 Å². The molecule has 1 unspecified atom stereocenters. The molecule has 2 aromatic rings. The summed E-state index contributed by atoms with van der Waals surface area (Å²) in [5.74, 6) is -0.451. The van der Waals surface area contributed by atoms with Crippen molar-refractivity contribution in [1.29, 1.82) is 0 Å². The van der Waals surface area contributed by atoms with Gasteiger partial charge in [-0.3, -0.25) is 14.4 Å². The number of ether oxygens (including phenoxy) is 1. The van der Waals surface area contributed by atoms with E-state index in [9.17, 15) is 14.4 Å². The first-order chi connectivity index (χ1) is 15.6. The van der Waals surface area contributed by atoms with Crippen LogP contribution in [0.1, 0.15) is 38.3 Å². The smallest absolute Gasteiger partial charge is 0.261 e. The van der Waals surface area contributed by atoms with Gasteiger partial charge in [-0.2, -0.15) is 0 Å². The van der Waals surface area contributed by atoms with Crippen LogP contribution in [0.25, 0.3) is 5.57 Å². The van der Waals surface area contributed by atoms with E-state index >= 15 is 0 Å². The van der Waals surface area contributed by atoms with Crippen LogP contribution in [0.2, 0.25) is 0 Å². The SMILES string of the molecule is COc1ccc(NC(=O)C2=C(c3ccc(C)cc3)CC(C)(C(=O)NCC(C)C)NC2=O)cc1. The number of amides is 3. The van der Waals surface area contributed by atoms with Gasteiger partial charge in [0.2, 0.25) is 5.91 Å². The molecule has 33 heavy (non-hydrogen) atoms. The zero-order valence-electron chi connectivity index (χ0n) is 19.7. The van der Waals surface area contributed by atoms with Crippen molar-refractivity contribution in [3.63, 3.8) is 0 Å². The van der Waals surface area contributed by atoms with Gasteiger partial charge in [0.1, 0.15) is 16.9 Å². The molecule has 1 aliphatic rings. The summed E-state index contributed by atoms with van der Waals surface area (Å²) < 4.78 is 5.15. The minimum absolute atomic E-state index is 0.00352. The van der Waals surface area contributed by atoms with E-state index in [1.54, 1.807) is 38.3 Å². The molecule has 2 aromatic carbocycles. The van der Waals surface area contributed by atoms with E-state index in [4.69, 9.17) is 4.74 Å². The first-order valence-corrected chi connectivity index (χ1v) is 11.0. The monoisotopic (exact) mass is 449 g/mol. The van der Waals surface area contributed by atoms with Crippen LogP contribution >= 0.6 is 0 Å². The van der Waals surface area contributed by atoms with Gasteiger partial charge in [0.25, 0.3) is 11.8 Å². The van der Waals surface area contributed by atoms with Crippen LogP contribution in [0, 0.1) is 12.8 Å². The van der Waals surface area contributed by atoms with Gasteiger partial charge in [0.05, 0.1) is 7.11 Å². The number of carbonyl (C=O) groups excluding carboxylic acids is 3. The number of methoxy groups -OCH3 is 1. The number of nitrogens with one attached hydrogen (secondary N) is 3. The lowest BCUT2D eigenvalue weighted by atomic mass is 9.81. The molecular weight excluding hydrogens is 418 g/mol. The van der Waals surface area contributed by atoms with E-state index in [-0.39, 0.29) is 23.8 Å². The Hall–Kier alpha value is -3.61. The van der Waals surface area contributed by atoms with Crippen molar-refractivity contribution in [3.05, 3.63) is 65.2 Å². The molecule has 0 bridgehead atoms. The van der Waals surface area contributed by atoms with Crippen LogP contribution in [0.5, 0.6) is 5.75 Å². The van der Waals surface area contributed by atoms with E-state index < -0.39 is 17.4 Å². The number of rotatable bonds is 7. The Morgan fingerprint density at radius 1 is 1.09 bits per heavy atom. The molecule has 0 saturated heterocycles. The summed E-state index contributed by atoms with van der Waals surface area (Å²) in [4.78, 5) is 39.4. The van der Waals surface area contributed by atoms with E-state index in [0.717, 1.165) is 11.1 Å². The Labute approximate surface area is 194 Å². The topological polar surface area (TPSA) is 96.5 Å². The first kappa shape index (κ1) is 24.0. The summed E-state index contributed by atoms with van der Waals surface area (Å²) in [6.45, 7) is 8.15. The highest BCUT2D eigenvalue weighted by Crippen LogP contribution is 2.34. The molecule has 0 radical (unpaired) electrons. The zero-order chi connectivity index (χ0) is 24.2. The summed E-state index contributed by atoms with van der Waals surface area (Å²) in [6.07, 6.45) is 0.192. The predicted molar refractivity (Wildman–Crippen MR) is 129 cm³/mol. The van der Waals surface area contributed by atoms with Gasteiger partial charge in [-0.05, 0) is 55.2 Å². The van der Waals surface area contributed by atoms with Crippen LogP contribution in [0.4, 0.5) is 5.69 Å². The Morgan fingerprint density at radius 2 is 1.73 bits per heavy atom. The number of hydrogen-bond acceptors (Lipinski definition) is 4. The van der Waals surface area contributed by atoms with Crippen LogP contribution in [0.3, 0.4) is 0 Å². The predicted octanol–water partition coefficient (Wildman–Crippen LogP) is 3.45. The lowest BCUT2D eigenvalue weighted by Crippen LogP contribution is -2.60. The summed E-state index contributed by atoms with van der Waals surface area (Å²) in [5.41, 5.74) is 1.69. The van der Waals surface area contributed by atoms with Crippen LogP contribution in [0.15, 0.2) is 54.1 Å². The molecule has 1 aliphatic heterocycles. The summed E-state index contributed by atoms with van der Waals surface area (Å²) in [5, 5.41) is 8.46. The molecule has 7 nitrogen and oxygen atoms in total. The maximum Gasteiger partial charge on any atom is 0.261 e. The first-order valence-electron chi connectivity index (χ1n) is 11.0. The maximum absolute atomic E-state index is 13.2. The molecule has 1 heterocycles. The molecule has 0 fully saturated rings. The molecule has 0 spiro atoms. The van der Waals surface area contributed by atoms with Gasteiger partial charge >= 0.3 is 0 Å². The molecule has 0 aromatic heterocycles. The lowest BCUT2D eigenvalue weighted by Gasteiger charge is -2.36. The van der Waals surface area contributed by atoms with Gasteiger partial charge < -0.3 is 20.7 Å². The second-order valence-electron chi connectivity index (χ2n) is 8.97. The van der Waals surface area contributed by atoms with Crippen molar-refractivity contribution >= 4 is 29.0 Å². The summed E-state index contributed by atoms with van der Waals surface area (Å²) in [6, 6.07) is 14.4.